The Morgan fingerprint density at radius 3 is 2.69 bits per heavy atom. The smallest absolute Gasteiger partial charge is 0.254 e. The summed E-state index contributed by atoms with van der Waals surface area (Å²) in [6.07, 6.45) is 7.12. The zero-order valence-electron chi connectivity index (χ0n) is 15.3. The van der Waals surface area contributed by atoms with Crippen molar-refractivity contribution >= 4 is 5.91 Å². The van der Waals surface area contributed by atoms with E-state index in [4.69, 9.17) is 5.73 Å². The molecule has 6 nitrogen and oxygen atoms in total. The lowest BCUT2D eigenvalue weighted by Crippen LogP contribution is -2.39. The molecule has 6 heteroatoms. The monoisotopic (exact) mass is 353 g/mol. The van der Waals surface area contributed by atoms with Crippen LogP contribution in [0.4, 0.5) is 0 Å². The normalized spacial score (nSPS) is 20.9. The van der Waals surface area contributed by atoms with Crippen molar-refractivity contribution in [3.8, 4) is 0 Å². The number of rotatable bonds is 5. The lowest BCUT2D eigenvalue weighted by molar-refractivity contribution is 0.0685. The highest BCUT2D eigenvalue weighted by Gasteiger charge is 2.57. The van der Waals surface area contributed by atoms with Crippen molar-refractivity contribution in [1.29, 1.82) is 0 Å². The fourth-order valence-electron chi connectivity index (χ4n) is 4.20. The van der Waals surface area contributed by atoms with Crippen LogP contribution in [0.3, 0.4) is 0 Å². The van der Waals surface area contributed by atoms with Crippen LogP contribution in [-0.2, 0) is 20.1 Å². The van der Waals surface area contributed by atoms with Crippen LogP contribution in [0.25, 0.3) is 0 Å². The second-order valence-corrected chi connectivity index (χ2v) is 7.62. The second kappa shape index (κ2) is 6.85. The van der Waals surface area contributed by atoms with Crippen LogP contribution in [0.1, 0.15) is 41.0 Å². The number of piperidine rings is 1. The Labute approximate surface area is 154 Å². The molecule has 2 fully saturated rings. The standard InChI is InChI=1S/C20H27N5O/c1-24-11-10-23-18(24)14-25(17-12-20(17)6-8-22-9-7-20)19(26)16-4-2-15(13-21)3-5-16/h2-5,10-11,17,22H,6-9,12-14,21H2,1H3. The van der Waals surface area contributed by atoms with E-state index >= 15 is 0 Å². The molecule has 0 radical (unpaired) electrons. The van der Waals surface area contributed by atoms with Gasteiger partial charge in [-0.25, -0.2) is 4.98 Å². The Balaban J connectivity index is 1.59. The van der Waals surface area contributed by atoms with Crippen LogP contribution in [0.5, 0.6) is 0 Å². The number of aryl methyl sites for hydroxylation is 1. The lowest BCUT2D eigenvalue weighted by atomic mass is 9.93. The molecule has 26 heavy (non-hydrogen) atoms. The molecule has 1 saturated carbocycles. The quantitative estimate of drug-likeness (QED) is 0.857. The molecule has 1 atom stereocenters. The van der Waals surface area contributed by atoms with Gasteiger partial charge in [0.2, 0.25) is 0 Å². The zero-order valence-corrected chi connectivity index (χ0v) is 15.3. The molecular weight excluding hydrogens is 326 g/mol. The maximum absolute atomic E-state index is 13.3. The largest absolute Gasteiger partial charge is 0.337 e. The molecule has 1 spiro atoms. The number of aromatic nitrogens is 2. The molecule has 2 aromatic rings. The Kier molecular flexibility index (Phi) is 4.54. The van der Waals surface area contributed by atoms with Gasteiger partial charge in [-0.2, -0.15) is 0 Å². The average Bonchev–Trinajstić information content (AvgIpc) is 3.19. The number of hydrogen-bond donors (Lipinski definition) is 2. The van der Waals surface area contributed by atoms with E-state index in [-0.39, 0.29) is 5.91 Å². The van der Waals surface area contributed by atoms with Gasteiger partial charge in [-0.1, -0.05) is 12.1 Å². The summed E-state index contributed by atoms with van der Waals surface area (Å²) in [7, 11) is 1.98. The topological polar surface area (TPSA) is 76.2 Å². The predicted molar refractivity (Wildman–Crippen MR) is 100 cm³/mol. The van der Waals surface area contributed by atoms with E-state index in [0.29, 0.717) is 24.5 Å². The second-order valence-electron chi connectivity index (χ2n) is 7.62. The molecule has 3 N–H and O–H groups in total. The van der Waals surface area contributed by atoms with Crippen molar-refractivity contribution in [1.82, 2.24) is 19.8 Å². The summed E-state index contributed by atoms with van der Waals surface area (Å²) in [5, 5.41) is 3.44. The molecule has 1 saturated heterocycles. The number of amides is 1. The highest BCUT2D eigenvalue weighted by molar-refractivity contribution is 5.94. The minimum Gasteiger partial charge on any atom is -0.337 e. The molecule has 1 unspecified atom stereocenters. The molecule has 2 aliphatic rings. The summed E-state index contributed by atoms with van der Waals surface area (Å²) >= 11 is 0. The number of nitrogens with one attached hydrogen (secondary N) is 1. The molecule has 138 valence electrons. The highest BCUT2D eigenvalue weighted by Crippen LogP contribution is 2.56. The van der Waals surface area contributed by atoms with E-state index in [1.54, 1.807) is 6.20 Å². The summed E-state index contributed by atoms with van der Waals surface area (Å²) in [6.45, 7) is 3.14. The molecule has 0 bridgehead atoms. The van der Waals surface area contributed by atoms with Gasteiger partial charge in [0.05, 0.1) is 6.54 Å². The first-order valence-corrected chi connectivity index (χ1v) is 9.40. The van der Waals surface area contributed by atoms with Gasteiger partial charge in [-0.05, 0) is 55.5 Å². The van der Waals surface area contributed by atoms with Crippen molar-refractivity contribution in [2.75, 3.05) is 13.1 Å². The van der Waals surface area contributed by atoms with E-state index in [0.717, 1.165) is 49.3 Å². The minimum absolute atomic E-state index is 0.0944. The molecule has 4 rings (SSSR count). The Morgan fingerprint density at radius 2 is 2.08 bits per heavy atom. The number of imidazole rings is 1. The first kappa shape index (κ1) is 17.2. The van der Waals surface area contributed by atoms with Crippen molar-refractivity contribution in [2.24, 2.45) is 18.2 Å². The molecule has 1 aliphatic heterocycles. The number of carbonyl (C=O) groups is 1. The van der Waals surface area contributed by atoms with Gasteiger partial charge in [-0.15, -0.1) is 0 Å². The van der Waals surface area contributed by atoms with Crippen LogP contribution in [0.2, 0.25) is 0 Å². The Morgan fingerprint density at radius 1 is 1.35 bits per heavy atom. The van der Waals surface area contributed by atoms with Gasteiger partial charge < -0.3 is 20.5 Å². The molecule has 1 amide bonds. The summed E-state index contributed by atoms with van der Waals surface area (Å²) in [6, 6.07) is 7.99. The van der Waals surface area contributed by atoms with Crippen molar-refractivity contribution < 1.29 is 4.79 Å². The van der Waals surface area contributed by atoms with Crippen LogP contribution >= 0.6 is 0 Å². The van der Waals surface area contributed by atoms with Gasteiger partial charge in [-0.3, -0.25) is 4.79 Å². The lowest BCUT2D eigenvalue weighted by Gasteiger charge is -2.29. The Hall–Kier alpha value is -2.18. The van der Waals surface area contributed by atoms with Gasteiger partial charge in [0.25, 0.3) is 5.91 Å². The average molecular weight is 353 g/mol. The maximum atomic E-state index is 13.3. The summed E-state index contributed by atoms with van der Waals surface area (Å²) in [5.41, 5.74) is 7.75. The molecule has 1 aromatic carbocycles. The van der Waals surface area contributed by atoms with E-state index in [1.165, 1.54) is 0 Å². The molecule has 1 aliphatic carbocycles. The van der Waals surface area contributed by atoms with E-state index in [1.807, 2.05) is 47.0 Å². The first-order valence-electron chi connectivity index (χ1n) is 9.40. The van der Waals surface area contributed by atoms with E-state index in [2.05, 4.69) is 10.3 Å². The molecule has 2 heterocycles. The Bertz CT molecular complexity index is 776. The van der Waals surface area contributed by atoms with Crippen molar-refractivity contribution in [3.63, 3.8) is 0 Å². The molecular formula is C20H27N5O. The van der Waals surface area contributed by atoms with Crippen LogP contribution < -0.4 is 11.1 Å². The van der Waals surface area contributed by atoms with Gasteiger partial charge in [0.15, 0.2) is 0 Å². The first-order chi connectivity index (χ1) is 12.6. The van der Waals surface area contributed by atoms with Crippen LogP contribution in [0.15, 0.2) is 36.7 Å². The van der Waals surface area contributed by atoms with Crippen molar-refractivity contribution in [2.45, 2.75) is 38.4 Å². The van der Waals surface area contributed by atoms with Gasteiger partial charge >= 0.3 is 0 Å². The minimum atomic E-state index is 0.0944. The fourth-order valence-corrected chi connectivity index (χ4v) is 4.20. The van der Waals surface area contributed by atoms with Crippen LogP contribution in [0, 0.1) is 5.41 Å². The van der Waals surface area contributed by atoms with Crippen molar-refractivity contribution in [3.05, 3.63) is 53.6 Å². The SMILES string of the molecule is Cn1ccnc1CN(C(=O)c1ccc(CN)cc1)C1CC12CCNCC2. The highest BCUT2D eigenvalue weighted by atomic mass is 16.2. The third-order valence-electron chi connectivity index (χ3n) is 6.05. The summed E-state index contributed by atoms with van der Waals surface area (Å²) in [4.78, 5) is 19.8. The zero-order chi connectivity index (χ0) is 18.1. The summed E-state index contributed by atoms with van der Waals surface area (Å²) in [5.74, 6) is 1.02. The van der Waals surface area contributed by atoms with Crippen LogP contribution in [-0.4, -0.2) is 39.5 Å². The third kappa shape index (κ3) is 3.15. The number of nitrogens with zero attached hydrogens (tertiary/aromatic N) is 3. The number of nitrogens with two attached hydrogens (primary N) is 1. The number of carbonyl (C=O) groups excluding carboxylic acids is 1. The van der Waals surface area contributed by atoms with E-state index in [9.17, 15) is 4.79 Å². The van der Waals surface area contributed by atoms with Gasteiger partial charge in [0.1, 0.15) is 5.82 Å². The third-order valence-corrected chi connectivity index (χ3v) is 6.05. The maximum Gasteiger partial charge on any atom is 0.254 e. The molecule has 1 aromatic heterocycles. The number of benzene rings is 1. The fraction of sp³-hybridized carbons (Fsp3) is 0.500. The summed E-state index contributed by atoms with van der Waals surface area (Å²) < 4.78 is 2.00. The van der Waals surface area contributed by atoms with E-state index < -0.39 is 0 Å². The van der Waals surface area contributed by atoms with Gasteiger partial charge in [0, 0.05) is 37.6 Å². The number of hydrogen-bond acceptors (Lipinski definition) is 4. The predicted octanol–water partition coefficient (Wildman–Crippen LogP) is 1.66.